The van der Waals surface area contributed by atoms with Crippen LogP contribution in [0.2, 0.25) is 0 Å². The summed E-state index contributed by atoms with van der Waals surface area (Å²) in [5.74, 6) is 0. The molecule has 1 aromatic heterocycles. The summed E-state index contributed by atoms with van der Waals surface area (Å²) in [5, 5.41) is 9.21. The smallest absolute Gasteiger partial charge is 0.0702 e. The summed E-state index contributed by atoms with van der Waals surface area (Å²) in [7, 11) is 0. The molecule has 3 N–H and O–H groups in total. The van der Waals surface area contributed by atoms with E-state index in [1.807, 2.05) is 0 Å². The van der Waals surface area contributed by atoms with Crippen molar-refractivity contribution in [1.82, 2.24) is 4.90 Å². The highest BCUT2D eigenvalue weighted by atomic mass is 79.9. The first-order valence-corrected chi connectivity index (χ1v) is 7.69. The standard InChI is InChI=1S/C12H19BrN2OS/c13-12-5-4-11(17-12)10(8-14)15(6-7-16)9-2-1-3-9/h4-5,9-10,16H,1-3,6-8,14H2. The van der Waals surface area contributed by atoms with Crippen LogP contribution in [0.25, 0.3) is 0 Å². The summed E-state index contributed by atoms with van der Waals surface area (Å²) in [5.41, 5.74) is 5.93. The molecule has 1 saturated carbocycles. The van der Waals surface area contributed by atoms with Crippen molar-refractivity contribution in [3.63, 3.8) is 0 Å². The fraction of sp³-hybridized carbons (Fsp3) is 0.667. The second-order valence-electron chi connectivity index (χ2n) is 4.44. The molecule has 0 radical (unpaired) electrons. The first-order chi connectivity index (χ1) is 8.26. The van der Waals surface area contributed by atoms with E-state index < -0.39 is 0 Å². The number of rotatable bonds is 6. The van der Waals surface area contributed by atoms with E-state index in [2.05, 4.69) is 33.0 Å². The highest BCUT2D eigenvalue weighted by Crippen LogP contribution is 2.35. The zero-order valence-electron chi connectivity index (χ0n) is 9.81. The average molecular weight is 319 g/mol. The summed E-state index contributed by atoms with van der Waals surface area (Å²) in [6, 6.07) is 5.07. The van der Waals surface area contributed by atoms with Crippen LogP contribution < -0.4 is 5.73 Å². The van der Waals surface area contributed by atoms with E-state index in [1.54, 1.807) is 11.3 Å². The van der Waals surface area contributed by atoms with Gasteiger partial charge in [-0.25, -0.2) is 0 Å². The summed E-state index contributed by atoms with van der Waals surface area (Å²) < 4.78 is 1.14. The second kappa shape index (κ2) is 6.29. The van der Waals surface area contributed by atoms with Gasteiger partial charge < -0.3 is 10.8 Å². The topological polar surface area (TPSA) is 49.5 Å². The Morgan fingerprint density at radius 3 is 2.71 bits per heavy atom. The number of nitrogens with two attached hydrogens (primary N) is 1. The van der Waals surface area contributed by atoms with Gasteiger partial charge in [-0.05, 0) is 40.9 Å². The molecule has 96 valence electrons. The van der Waals surface area contributed by atoms with Crippen LogP contribution in [-0.4, -0.2) is 35.7 Å². The van der Waals surface area contributed by atoms with Crippen LogP contribution >= 0.6 is 27.3 Å². The van der Waals surface area contributed by atoms with Crippen molar-refractivity contribution in [2.24, 2.45) is 5.73 Å². The normalized spacial score (nSPS) is 18.4. The first kappa shape index (κ1) is 13.5. The fourth-order valence-corrected chi connectivity index (χ4v) is 3.91. The van der Waals surface area contributed by atoms with Crippen molar-refractivity contribution in [2.45, 2.75) is 31.3 Å². The van der Waals surface area contributed by atoms with E-state index in [1.165, 1.54) is 24.1 Å². The van der Waals surface area contributed by atoms with Gasteiger partial charge in [0, 0.05) is 24.0 Å². The molecule has 0 aromatic carbocycles. The van der Waals surface area contributed by atoms with E-state index in [9.17, 15) is 5.11 Å². The lowest BCUT2D eigenvalue weighted by atomic mass is 9.90. The highest BCUT2D eigenvalue weighted by Gasteiger charge is 2.30. The number of aliphatic hydroxyl groups excluding tert-OH is 1. The van der Waals surface area contributed by atoms with Crippen molar-refractivity contribution < 1.29 is 5.11 Å². The molecule has 1 atom stereocenters. The van der Waals surface area contributed by atoms with Gasteiger partial charge in [0.1, 0.15) is 0 Å². The van der Waals surface area contributed by atoms with Gasteiger partial charge >= 0.3 is 0 Å². The van der Waals surface area contributed by atoms with Gasteiger partial charge in [-0.3, -0.25) is 4.90 Å². The lowest BCUT2D eigenvalue weighted by Crippen LogP contribution is -2.46. The van der Waals surface area contributed by atoms with Crippen molar-refractivity contribution in [3.8, 4) is 0 Å². The van der Waals surface area contributed by atoms with Gasteiger partial charge in [-0.15, -0.1) is 11.3 Å². The maximum atomic E-state index is 9.21. The fourth-order valence-electron chi connectivity index (χ4n) is 2.35. The van der Waals surface area contributed by atoms with Crippen molar-refractivity contribution in [1.29, 1.82) is 0 Å². The third-order valence-corrected chi connectivity index (χ3v) is 5.17. The molecule has 0 saturated heterocycles. The van der Waals surface area contributed by atoms with E-state index in [4.69, 9.17) is 5.73 Å². The SMILES string of the molecule is NCC(c1ccc(Br)s1)N(CCO)C1CCC1. The lowest BCUT2D eigenvalue weighted by molar-refractivity contribution is 0.0636. The zero-order chi connectivity index (χ0) is 12.3. The number of nitrogens with zero attached hydrogens (tertiary/aromatic N) is 1. The number of hydrogen-bond acceptors (Lipinski definition) is 4. The predicted molar refractivity (Wildman–Crippen MR) is 75.2 cm³/mol. The summed E-state index contributed by atoms with van der Waals surface area (Å²) in [6.07, 6.45) is 3.78. The minimum atomic E-state index is 0.208. The molecule has 0 aliphatic heterocycles. The molecular formula is C12H19BrN2OS. The van der Waals surface area contributed by atoms with Crippen LogP contribution in [0, 0.1) is 0 Å². The Kier molecular flexibility index (Phi) is 4.99. The molecule has 0 bridgehead atoms. The molecule has 1 heterocycles. The van der Waals surface area contributed by atoms with Crippen LogP contribution in [0.4, 0.5) is 0 Å². The number of halogens is 1. The third-order valence-electron chi connectivity index (χ3n) is 3.45. The lowest BCUT2D eigenvalue weighted by Gasteiger charge is -2.41. The Morgan fingerprint density at radius 1 is 1.53 bits per heavy atom. The Morgan fingerprint density at radius 2 is 2.29 bits per heavy atom. The largest absolute Gasteiger partial charge is 0.395 e. The third kappa shape index (κ3) is 3.09. The molecule has 1 aliphatic rings. The zero-order valence-corrected chi connectivity index (χ0v) is 12.2. The monoisotopic (exact) mass is 318 g/mol. The Hall–Kier alpha value is 0.0600. The second-order valence-corrected chi connectivity index (χ2v) is 6.93. The van der Waals surface area contributed by atoms with Gasteiger partial charge in [0.2, 0.25) is 0 Å². The molecule has 2 rings (SSSR count). The molecule has 1 fully saturated rings. The summed E-state index contributed by atoms with van der Waals surface area (Å²) in [6.45, 7) is 1.55. The van der Waals surface area contributed by atoms with Crippen LogP contribution in [0.1, 0.15) is 30.2 Å². The maximum Gasteiger partial charge on any atom is 0.0702 e. The van der Waals surface area contributed by atoms with E-state index in [0.717, 1.165) is 10.3 Å². The van der Waals surface area contributed by atoms with Crippen LogP contribution in [0.5, 0.6) is 0 Å². The Labute approximate surface area is 115 Å². The summed E-state index contributed by atoms with van der Waals surface area (Å²) in [4.78, 5) is 3.67. The quantitative estimate of drug-likeness (QED) is 0.846. The van der Waals surface area contributed by atoms with Crippen molar-refractivity contribution in [3.05, 3.63) is 20.8 Å². The van der Waals surface area contributed by atoms with Crippen molar-refractivity contribution >= 4 is 27.3 Å². The molecule has 1 unspecified atom stereocenters. The van der Waals surface area contributed by atoms with Crippen LogP contribution in [-0.2, 0) is 0 Å². The summed E-state index contributed by atoms with van der Waals surface area (Å²) >= 11 is 5.24. The molecule has 5 heteroatoms. The highest BCUT2D eigenvalue weighted by molar-refractivity contribution is 9.11. The molecular weight excluding hydrogens is 300 g/mol. The van der Waals surface area contributed by atoms with Crippen LogP contribution in [0.15, 0.2) is 15.9 Å². The van der Waals surface area contributed by atoms with E-state index in [-0.39, 0.29) is 12.6 Å². The Bertz CT molecular complexity index is 354. The molecule has 3 nitrogen and oxygen atoms in total. The van der Waals surface area contributed by atoms with Crippen molar-refractivity contribution in [2.75, 3.05) is 19.7 Å². The molecule has 17 heavy (non-hydrogen) atoms. The molecule has 0 spiro atoms. The number of thiophene rings is 1. The Balaban J connectivity index is 2.12. The van der Waals surface area contributed by atoms with Gasteiger partial charge in [-0.2, -0.15) is 0 Å². The van der Waals surface area contributed by atoms with Gasteiger partial charge in [0.05, 0.1) is 16.4 Å². The maximum absolute atomic E-state index is 9.21. The molecule has 1 aliphatic carbocycles. The van der Waals surface area contributed by atoms with Gasteiger partial charge in [-0.1, -0.05) is 6.42 Å². The molecule has 0 amide bonds. The minimum absolute atomic E-state index is 0.208. The average Bonchev–Trinajstić information content (AvgIpc) is 2.64. The number of hydrogen-bond donors (Lipinski definition) is 2. The van der Waals surface area contributed by atoms with Gasteiger partial charge in [0.25, 0.3) is 0 Å². The predicted octanol–water partition coefficient (Wildman–Crippen LogP) is 2.36. The first-order valence-electron chi connectivity index (χ1n) is 6.08. The van der Waals surface area contributed by atoms with Crippen LogP contribution in [0.3, 0.4) is 0 Å². The minimum Gasteiger partial charge on any atom is -0.395 e. The molecule has 1 aromatic rings. The van der Waals surface area contributed by atoms with E-state index in [0.29, 0.717) is 12.6 Å². The number of aliphatic hydroxyl groups is 1. The van der Waals surface area contributed by atoms with E-state index >= 15 is 0 Å². The van der Waals surface area contributed by atoms with Gasteiger partial charge in [0.15, 0.2) is 0 Å².